The molecule has 2 unspecified atom stereocenters. The van der Waals surface area contributed by atoms with Crippen LogP contribution in [-0.4, -0.2) is 82.7 Å². The van der Waals surface area contributed by atoms with E-state index in [2.05, 4.69) is 32.0 Å². The Bertz CT molecular complexity index is 881. The van der Waals surface area contributed by atoms with Gasteiger partial charge in [0.05, 0.1) is 7.11 Å². The minimum atomic E-state index is -0.0833. The third-order valence-electron chi connectivity index (χ3n) is 6.55. The molecule has 1 aromatic rings. The van der Waals surface area contributed by atoms with Crippen molar-refractivity contribution in [1.82, 2.24) is 30.0 Å². The third kappa shape index (κ3) is 4.09. The number of amidine groups is 1. The molecular formula is C21H29N7O3. The highest BCUT2D eigenvalue weighted by atomic mass is 16.5. The molecule has 0 aromatic carbocycles. The number of hydrogen-bond donors (Lipinski definition) is 1. The molecule has 10 heteroatoms. The summed E-state index contributed by atoms with van der Waals surface area (Å²) in [6, 6.07) is 0.700. The van der Waals surface area contributed by atoms with Gasteiger partial charge in [-0.05, 0) is 18.8 Å². The number of likely N-dealkylation sites (tertiary alicyclic amines) is 1. The second-order valence-electron chi connectivity index (χ2n) is 8.70. The molecule has 2 atom stereocenters. The summed E-state index contributed by atoms with van der Waals surface area (Å²) in [5, 5.41) is 3.06. The van der Waals surface area contributed by atoms with Crippen molar-refractivity contribution in [2.24, 2.45) is 16.8 Å². The van der Waals surface area contributed by atoms with Crippen LogP contribution in [0.4, 0.5) is 4.79 Å². The predicted octanol–water partition coefficient (Wildman–Crippen LogP) is 1.23. The number of urea groups is 1. The van der Waals surface area contributed by atoms with Crippen LogP contribution in [0.3, 0.4) is 0 Å². The average Bonchev–Trinajstić information content (AvgIpc) is 3.38. The van der Waals surface area contributed by atoms with Crippen molar-refractivity contribution in [2.75, 3.05) is 40.1 Å². The van der Waals surface area contributed by atoms with E-state index in [4.69, 9.17) is 14.5 Å². The Morgan fingerprint density at radius 1 is 1.23 bits per heavy atom. The van der Waals surface area contributed by atoms with Crippen LogP contribution in [-0.2, 0) is 11.3 Å². The van der Waals surface area contributed by atoms with Gasteiger partial charge in [0.2, 0.25) is 0 Å². The zero-order valence-corrected chi connectivity index (χ0v) is 18.0. The molecule has 31 heavy (non-hydrogen) atoms. The van der Waals surface area contributed by atoms with Crippen LogP contribution in [0.5, 0.6) is 6.01 Å². The SMILES string of the molecule is COc1ncc(CN2CC(C)C(C3=NC4=CN(C5CCOCC5)CN4C(=O)N3)C2)cn1. The number of aromatic nitrogens is 2. The lowest BCUT2D eigenvalue weighted by Gasteiger charge is -2.32. The maximum Gasteiger partial charge on any atom is 0.329 e. The number of ether oxygens (including phenoxy) is 2. The number of amides is 2. The molecule has 2 amide bonds. The summed E-state index contributed by atoms with van der Waals surface area (Å²) in [7, 11) is 1.56. The number of rotatable bonds is 5. The van der Waals surface area contributed by atoms with Crippen LogP contribution in [0, 0.1) is 11.8 Å². The van der Waals surface area contributed by atoms with Crippen LogP contribution < -0.4 is 10.1 Å². The minimum Gasteiger partial charge on any atom is -0.467 e. The van der Waals surface area contributed by atoms with Crippen LogP contribution >= 0.6 is 0 Å². The highest BCUT2D eigenvalue weighted by Crippen LogP contribution is 2.30. The van der Waals surface area contributed by atoms with Gasteiger partial charge in [-0.15, -0.1) is 0 Å². The summed E-state index contributed by atoms with van der Waals surface area (Å²) in [5.41, 5.74) is 1.04. The van der Waals surface area contributed by atoms with E-state index >= 15 is 0 Å². The Morgan fingerprint density at radius 3 is 2.74 bits per heavy atom. The van der Waals surface area contributed by atoms with Gasteiger partial charge < -0.3 is 14.4 Å². The first-order valence-corrected chi connectivity index (χ1v) is 10.9. The van der Waals surface area contributed by atoms with E-state index in [1.54, 1.807) is 24.4 Å². The number of hydrogen-bond acceptors (Lipinski definition) is 8. The summed E-state index contributed by atoms with van der Waals surface area (Å²) >= 11 is 0. The van der Waals surface area contributed by atoms with Gasteiger partial charge in [0.1, 0.15) is 12.5 Å². The smallest absolute Gasteiger partial charge is 0.329 e. The maximum absolute atomic E-state index is 12.8. The van der Waals surface area contributed by atoms with Crippen molar-refractivity contribution in [3.8, 4) is 6.01 Å². The zero-order chi connectivity index (χ0) is 21.4. The van der Waals surface area contributed by atoms with Gasteiger partial charge in [0, 0.05) is 69.0 Å². The van der Waals surface area contributed by atoms with E-state index in [0.29, 0.717) is 24.6 Å². The first-order valence-electron chi connectivity index (χ1n) is 10.9. The van der Waals surface area contributed by atoms with E-state index < -0.39 is 0 Å². The number of aliphatic imine (C=N–C) groups is 1. The van der Waals surface area contributed by atoms with Gasteiger partial charge in [-0.3, -0.25) is 15.1 Å². The highest BCUT2D eigenvalue weighted by Gasteiger charge is 2.40. The largest absolute Gasteiger partial charge is 0.467 e. The van der Waals surface area contributed by atoms with Crippen molar-refractivity contribution in [2.45, 2.75) is 32.4 Å². The Kier molecular flexibility index (Phi) is 5.49. The monoisotopic (exact) mass is 427 g/mol. The number of nitrogens with zero attached hydrogens (tertiary/aromatic N) is 6. The second kappa shape index (κ2) is 8.43. The fourth-order valence-corrected chi connectivity index (χ4v) is 4.83. The van der Waals surface area contributed by atoms with Gasteiger partial charge in [0.25, 0.3) is 0 Å². The standard InChI is InChI=1S/C21H29N7O3/c1-14-9-26(10-15-7-22-20(30-2)23-8-15)11-17(14)19-24-18-12-27(13-28(18)21(29)25-19)16-3-5-31-6-4-16/h7-8,12,14,16-17H,3-6,9-11,13H2,1-2H3,(H,24,25,29). The zero-order valence-electron chi connectivity index (χ0n) is 18.0. The van der Waals surface area contributed by atoms with Crippen molar-refractivity contribution in [3.05, 3.63) is 30.0 Å². The summed E-state index contributed by atoms with van der Waals surface area (Å²) in [4.78, 5) is 32.4. The predicted molar refractivity (Wildman–Crippen MR) is 113 cm³/mol. The molecule has 0 bridgehead atoms. The highest BCUT2D eigenvalue weighted by molar-refractivity contribution is 6.02. The molecule has 0 radical (unpaired) electrons. The molecule has 1 N–H and O–H groups in total. The lowest BCUT2D eigenvalue weighted by molar-refractivity contribution is 0.0459. The number of fused-ring (bicyclic) bond motifs is 1. The van der Waals surface area contributed by atoms with Crippen molar-refractivity contribution < 1.29 is 14.3 Å². The third-order valence-corrected chi connectivity index (χ3v) is 6.55. The molecule has 2 saturated heterocycles. The normalized spacial score (nSPS) is 27.1. The second-order valence-corrected chi connectivity index (χ2v) is 8.70. The van der Waals surface area contributed by atoms with Gasteiger partial charge in [0.15, 0.2) is 5.82 Å². The van der Waals surface area contributed by atoms with E-state index in [9.17, 15) is 4.79 Å². The van der Waals surface area contributed by atoms with Crippen LogP contribution in [0.2, 0.25) is 0 Å². The lowest BCUT2D eigenvalue weighted by atomic mass is 9.96. The molecule has 0 saturated carbocycles. The van der Waals surface area contributed by atoms with Gasteiger partial charge in [-0.1, -0.05) is 6.92 Å². The van der Waals surface area contributed by atoms with Crippen LogP contribution in [0.1, 0.15) is 25.3 Å². The van der Waals surface area contributed by atoms with Gasteiger partial charge in [-0.25, -0.2) is 19.8 Å². The fourth-order valence-electron chi connectivity index (χ4n) is 4.83. The van der Waals surface area contributed by atoms with E-state index in [-0.39, 0.29) is 11.9 Å². The quantitative estimate of drug-likeness (QED) is 0.755. The van der Waals surface area contributed by atoms with Crippen molar-refractivity contribution in [1.29, 1.82) is 0 Å². The molecular weight excluding hydrogens is 398 g/mol. The average molecular weight is 428 g/mol. The summed E-state index contributed by atoms with van der Waals surface area (Å²) < 4.78 is 10.5. The summed E-state index contributed by atoms with van der Waals surface area (Å²) in [5.74, 6) is 2.10. The summed E-state index contributed by atoms with van der Waals surface area (Å²) in [6.07, 6.45) is 7.62. The van der Waals surface area contributed by atoms with E-state index in [0.717, 1.165) is 62.9 Å². The molecule has 166 valence electrons. The molecule has 0 aliphatic carbocycles. The Labute approximate surface area is 181 Å². The fraction of sp³-hybridized carbons (Fsp3) is 0.619. The van der Waals surface area contributed by atoms with Crippen molar-refractivity contribution in [3.63, 3.8) is 0 Å². The first kappa shape index (κ1) is 20.2. The lowest BCUT2D eigenvalue weighted by Crippen LogP contribution is -2.50. The van der Waals surface area contributed by atoms with E-state index in [1.807, 2.05) is 6.20 Å². The molecule has 4 aliphatic rings. The molecule has 5 rings (SSSR count). The summed E-state index contributed by atoms with van der Waals surface area (Å²) in [6.45, 7) is 6.86. The van der Waals surface area contributed by atoms with Gasteiger partial charge >= 0.3 is 12.0 Å². The molecule has 2 fully saturated rings. The number of nitrogens with one attached hydrogen (secondary N) is 1. The minimum absolute atomic E-state index is 0.0833. The molecule has 5 heterocycles. The van der Waals surface area contributed by atoms with E-state index in [1.165, 1.54) is 0 Å². The number of carbonyl (C=O) groups is 1. The maximum atomic E-state index is 12.8. The Hall–Kier alpha value is -2.72. The molecule has 10 nitrogen and oxygen atoms in total. The van der Waals surface area contributed by atoms with Crippen LogP contribution in [0.25, 0.3) is 0 Å². The molecule has 0 spiro atoms. The molecule has 4 aliphatic heterocycles. The topological polar surface area (TPSA) is 95.4 Å². The van der Waals surface area contributed by atoms with Gasteiger partial charge in [-0.2, -0.15) is 0 Å². The number of carbonyl (C=O) groups excluding carboxylic acids is 1. The van der Waals surface area contributed by atoms with Crippen LogP contribution in [0.15, 0.2) is 29.4 Å². The number of methoxy groups -OCH3 is 1. The first-order chi connectivity index (χ1) is 15.1. The Morgan fingerprint density at radius 2 is 2.00 bits per heavy atom. The van der Waals surface area contributed by atoms with Crippen molar-refractivity contribution >= 4 is 11.9 Å². The molecule has 1 aromatic heterocycles. The Balaban J connectivity index is 1.27.